The van der Waals surface area contributed by atoms with E-state index in [0.717, 1.165) is 22.4 Å². The van der Waals surface area contributed by atoms with Crippen molar-refractivity contribution >= 4 is 5.91 Å². The van der Waals surface area contributed by atoms with Crippen LogP contribution in [0.15, 0.2) is 77.4 Å². The van der Waals surface area contributed by atoms with Gasteiger partial charge in [0.05, 0.1) is 11.3 Å². The molecule has 0 spiro atoms. The minimum absolute atomic E-state index is 0.146. The summed E-state index contributed by atoms with van der Waals surface area (Å²) < 4.78 is 5.13. The molecule has 0 radical (unpaired) electrons. The van der Waals surface area contributed by atoms with Crippen molar-refractivity contribution in [3.63, 3.8) is 0 Å². The number of nitrogens with one attached hydrogen (secondary N) is 1. The normalized spacial score (nSPS) is 11.3. The summed E-state index contributed by atoms with van der Waals surface area (Å²) in [6.45, 7) is 3.50. The van der Waals surface area contributed by atoms with Crippen molar-refractivity contribution in [3.8, 4) is 22.6 Å². The second-order valence-corrected chi connectivity index (χ2v) is 7.66. The molecule has 7 nitrogen and oxygen atoms in total. The highest BCUT2D eigenvalue weighted by molar-refractivity contribution is 5.94. The topological polar surface area (TPSA) is 101 Å². The lowest BCUT2D eigenvalue weighted by Gasteiger charge is -2.09. The Morgan fingerprint density at radius 2 is 1.81 bits per heavy atom. The molecule has 4 aromatic rings. The van der Waals surface area contributed by atoms with Crippen LogP contribution >= 0.6 is 0 Å². The number of hydrogen-bond donors (Lipinski definition) is 2. The Kier molecular flexibility index (Phi) is 5.60. The number of amides is 1. The predicted molar refractivity (Wildman–Crippen MR) is 116 cm³/mol. The van der Waals surface area contributed by atoms with Crippen LogP contribution < -0.4 is 5.32 Å². The lowest BCUT2D eigenvalue weighted by molar-refractivity contribution is 0.0420. The number of carbonyl (C=O) groups is 1. The molecule has 0 aliphatic heterocycles. The minimum atomic E-state index is -1.21. The summed E-state index contributed by atoms with van der Waals surface area (Å²) in [4.78, 5) is 21.2. The molecule has 156 valence electrons. The van der Waals surface area contributed by atoms with Crippen LogP contribution in [-0.2, 0) is 12.1 Å². The number of hydrogen-bond acceptors (Lipinski definition) is 6. The van der Waals surface area contributed by atoms with Gasteiger partial charge in [-0.15, -0.1) is 0 Å². The standard InChI is InChI=1S/C24H22N4O3/c1-24(2,30)23-27-21(28-31-23)18-10-6-7-16(13-18)14-26-22(29)19-11-12-20(25-15-19)17-8-4-3-5-9-17/h3-13,15,30H,14H2,1-2H3,(H,26,29). The average molecular weight is 414 g/mol. The van der Waals surface area contributed by atoms with Gasteiger partial charge in [0.15, 0.2) is 0 Å². The first-order valence-corrected chi connectivity index (χ1v) is 9.86. The van der Waals surface area contributed by atoms with Crippen molar-refractivity contribution in [1.82, 2.24) is 20.4 Å². The Hall–Kier alpha value is -3.84. The number of benzene rings is 2. The van der Waals surface area contributed by atoms with E-state index in [-0.39, 0.29) is 11.8 Å². The van der Waals surface area contributed by atoms with E-state index in [2.05, 4.69) is 20.4 Å². The van der Waals surface area contributed by atoms with E-state index in [1.807, 2.05) is 60.7 Å². The molecule has 0 saturated carbocycles. The molecule has 31 heavy (non-hydrogen) atoms. The number of pyridine rings is 1. The molecule has 1 amide bonds. The van der Waals surface area contributed by atoms with Gasteiger partial charge in [-0.1, -0.05) is 53.7 Å². The third-order valence-corrected chi connectivity index (χ3v) is 4.68. The lowest BCUT2D eigenvalue weighted by atomic mass is 10.1. The van der Waals surface area contributed by atoms with Gasteiger partial charge in [0, 0.05) is 23.9 Å². The molecule has 0 saturated heterocycles. The summed E-state index contributed by atoms with van der Waals surface area (Å²) in [5.74, 6) is 0.319. The molecule has 2 aromatic carbocycles. The largest absolute Gasteiger partial charge is 0.381 e. The average Bonchev–Trinajstić information content (AvgIpc) is 3.30. The quantitative estimate of drug-likeness (QED) is 0.495. The van der Waals surface area contributed by atoms with Crippen LogP contribution in [0.4, 0.5) is 0 Å². The Labute approximate surface area is 179 Å². The van der Waals surface area contributed by atoms with Crippen LogP contribution in [0.3, 0.4) is 0 Å². The van der Waals surface area contributed by atoms with Crippen LogP contribution in [-0.4, -0.2) is 26.1 Å². The first-order valence-electron chi connectivity index (χ1n) is 9.86. The molecule has 7 heteroatoms. The number of nitrogens with zero attached hydrogens (tertiary/aromatic N) is 3. The van der Waals surface area contributed by atoms with Crippen molar-refractivity contribution in [2.45, 2.75) is 26.0 Å². The third-order valence-electron chi connectivity index (χ3n) is 4.68. The van der Waals surface area contributed by atoms with E-state index < -0.39 is 5.60 Å². The molecule has 0 fully saturated rings. The van der Waals surface area contributed by atoms with Gasteiger partial charge in [0.1, 0.15) is 5.60 Å². The molecule has 0 aliphatic rings. The maximum atomic E-state index is 12.5. The smallest absolute Gasteiger partial charge is 0.258 e. The third kappa shape index (κ3) is 4.84. The second-order valence-electron chi connectivity index (χ2n) is 7.66. The molecule has 2 N–H and O–H groups in total. The maximum Gasteiger partial charge on any atom is 0.258 e. The van der Waals surface area contributed by atoms with E-state index in [4.69, 9.17) is 4.52 Å². The fraction of sp³-hybridized carbons (Fsp3) is 0.167. The predicted octanol–water partition coefficient (Wildman–Crippen LogP) is 3.96. The zero-order valence-corrected chi connectivity index (χ0v) is 17.2. The highest BCUT2D eigenvalue weighted by Crippen LogP contribution is 2.23. The SMILES string of the molecule is CC(C)(O)c1nc(-c2cccc(CNC(=O)c3ccc(-c4ccccc4)nc3)c2)no1. The van der Waals surface area contributed by atoms with Gasteiger partial charge < -0.3 is 14.9 Å². The molecular formula is C24H22N4O3. The zero-order chi connectivity index (χ0) is 21.8. The van der Waals surface area contributed by atoms with Crippen molar-refractivity contribution in [1.29, 1.82) is 0 Å². The monoisotopic (exact) mass is 414 g/mol. The molecule has 2 heterocycles. The Morgan fingerprint density at radius 3 is 2.48 bits per heavy atom. The molecule has 2 aromatic heterocycles. The van der Waals surface area contributed by atoms with E-state index in [9.17, 15) is 9.90 Å². The summed E-state index contributed by atoms with van der Waals surface area (Å²) in [5, 5.41) is 16.8. The van der Waals surface area contributed by atoms with Gasteiger partial charge in [-0.05, 0) is 37.6 Å². The number of aromatic nitrogens is 3. The Morgan fingerprint density at radius 1 is 1.03 bits per heavy atom. The van der Waals surface area contributed by atoms with E-state index in [1.165, 1.54) is 0 Å². The Balaban J connectivity index is 1.42. The minimum Gasteiger partial charge on any atom is -0.381 e. The van der Waals surface area contributed by atoms with Crippen molar-refractivity contribution in [2.24, 2.45) is 0 Å². The summed E-state index contributed by atoms with van der Waals surface area (Å²) >= 11 is 0. The summed E-state index contributed by atoms with van der Waals surface area (Å²) in [7, 11) is 0. The second kappa shape index (κ2) is 8.49. The van der Waals surface area contributed by atoms with Gasteiger partial charge in [0.2, 0.25) is 5.82 Å². The highest BCUT2D eigenvalue weighted by atomic mass is 16.5. The van der Waals surface area contributed by atoms with Gasteiger partial charge in [-0.3, -0.25) is 9.78 Å². The van der Waals surface area contributed by atoms with E-state index >= 15 is 0 Å². The van der Waals surface area contributed by atoms with Gasteiger partial charge >= 0.3 is 0 Å². The van der Waals surface area contributed by atoms with Crippen LogP contribution in [0.1, 0.15) is 35.7 Å². The molecule has 0 atom stereocenters. The number of rotatable bonds is 6. The lowest BCUT2D eigenvalue weighted by Crippen LogP contribution is -2.22. The summed E-state index contributed by atoms with van der Waals surface area (Å²) in [6.07, 6.45) is 1.57. The summed E-state index contributed by atoms with van der Waals surface area (Å²) in [5.41, 5.74) is 2.72. The number of carbonyl (C=O) groups excluding carboxylic acids is 1. The first kappa shape index (κ1) is 20.4. The molecule has 0 aliphatic carbocycles. The fourth-order valence-corrected chi connectivity index (χ4v) is 3.00. The van der Waals surface area contributed by atoms with Gasteiger partial charge in [0.25, 0.3) is 11.8 Å². The molecular weight excluding hydrogens is 392 g/mol. The first-order chi connectivity index (χ1) is 14.9. The van der Waals surface area contributed by atoms with Crippen molar-refractivity contribution in [3.05, 3.63) is 89.9 Å². The molecule has 0 unspecified atom stereocenters. The van der Waals surface area contributed by atoms with Crippen molar-refractivity contribution in [2.75, 3.05) is 0 Å². The fourth-order valence-electron chi connectivity index (χ4n) is 3.00. The van der Waals surface area contributed by atoms with Crippen LogP contribution in [0.2, 0.25) is 0 Å². The Bertz CT molecular complexity index is 1180. The van der Waals surface area contributed by atoms with Crippen LogP contribution in [0, 0.1) is 0 Å². The maximum absolute atomic E-state index is 12.5. The molecule has 4 rings (SSSR count). The molecule has 0 bridgehead atoms. The van der Waals surface area contributed by atoms with Crippen LogP contribution in [0.25, 0.3) is 22.6 Å². The summed E-state index contributed by atoms with van der Waals surface area (Å²) in [6, 6.07) is 20.9. The highest BCUT2D eigenvalue weighted by Gasteiger charge is 2.24. The van der Waals surface area contributed by atoms with Gasteiger partial charge in [-0.25, -0.2) is 0 Å². The van der Waals surface area contributed by atoms with Crippen molar-refractivity contribution < 1.29 is 14.4 Å². The van der Waals surface area contributed by atoms with E-state index in [1.54, 1.807) is 26.1 Å². The van der Waals surface area contributed by atoms with Gasteiger partial charge in [-0.2, -0.15) is 4.98 Å². The van der Waals surface area contributed by atoms with E-state index in [0.29, 0.717) is 17.9 Å². The zero-order valence-electron chi connectivity index (χ0n) is 17.2. The number of aliphatic hydroxyl groups is 1. The van der Waals surface area contributed by atoms with Crippen LogP contribution in [0.5, 0.6) is 0 Å².